The van der Waals surface area contributed by atoms with Gasteiger partial charge in [0.15, 0.2) is 0 Å². The minimum Gasteiger partial charge on any atom is -0.405 e. The summed E-state index contributed by atoms with van der Waals surface area (Å²) in [6, 6.07) is 13.4. The number of rotatable bonds is 6. The number of hydrogen-bond acceptors (Lipinski definition) is 6. The summed E-state index contributed by atoms with van der Waals surface area (Å²) in [7, 11) is 0. The van der Waals surface area contributed by atoms with Crippen molar-refractivity contribution in [3.05, 3.63) is 90.8 Å². The van der Waals surface area contributed by atoms with Crippen molar-refractivity contribution in [2.24, 2.45) is 5.73 Å². The molecule has 0 saturated carbocycles. The highest BCUT2D eigenvalue weighted by Crippen LogP contribution is 2.28. The molecule has 5 rings (SSSR count). The molecule has 1 aliphatic heterocycles. The topological polar surface area (TPSA) is 115 Å². The predicted octanol–water partition coefficient (Wildman–Crippen LogP) is 3.32. The zero-order valence-corrected chi connectivity index (χ0v) is 19.1. The third-order valence-electron chi connectivity index (χ3n) is 5.88. The Morgan fingerprint density at radius 2 is 1.89 bits per heavy atom. The van der Waals surface area contributed by atoms with Crippen LogP contribution in [0.4, 0.5) is 0 Å². The highest BCUT2D eigenvalue weighted by atomic mass is 16.5. The lowest BCUT2D eigenvalue weighted by molar-refractivity contribution is 0.0303. The van der Waals surface area contributed by atoms with E-state index >= 15 is 0 Å². The molecule has 4 aromatic rings. The number of amides is 1. The molecule has 1 fully saturated rings. The number of carbonyl (C=O) groups is 1. The number of hydrogen-bond donors (Lipinski definition) is 2. The molecule has 176 valence electrons. The summed E-state index contributed by atoms with van der Waals surface area (Å²) in [5.41, 5.74) is 11.2. The molecule has 1 amide bonds. The van der Waals surface area contributed by atoms with Crippen LogP contribution in [0.1, 0.15) is 15.9 Å². The van der Waals surface area contributed by atoms with Crippen LogP contribution in [-0.4, -0.2) is 62.3 Å². The van der Waals surface area contributed by atoms with Crippen LogP contribution in [0.3, 0.4) is 0 Å². The summed E-state index contributed by atoms with van der Waals surface area (Å²) in [6.07, 6.45) is 8.77. The molecule has 9 heteroatoms. The fourth-order valence-corrected chi connectivity index (χ4v) is 4.08. The van der Waals surface area contributed by atoms with Crippen molar-refractivity contribution in [2.75, 3.05) is 26.3 Å². The van der Waals surface area contributed by atoms with Crippen LogP contribution < -0.4 is 5.73 Å². The molecule has 1 saturated heterocycles. The van der Waals surface area contributed by atoms with Crippen LogP contribution in [0.15, 0.2) is 79.7 Å². The van der Waals surface area contributed by atoms with Gasteiger partial charge in [-0.2, -0.15) is 5.10 Å². The number of morpholine rings is 1. The summed E-state index contributed by atoms with van der Waals surface area (Å²) in [5, 5.41) is 17.1. The summed E-state index contributed by atoms with van der Waals surface area (Å²) in [6.45, 7) is 6.14. The highest BCUT2D eigenvalue weighted by Gasteiger charge is 2.19. The zero-order valence-electron chi connectivity index (χ0n) is 19.1. The lowest BCUT2D eigenvalue weighted by atomic mass is 10.0. The highest BCUT2D eigenvalue weighted by molar-refractivity contribution is 5.95. The number of fused-ring (bicyclic) bond motifs is 1. The third kappa shape index (κ3) is 4.49. The van der Waals surface area contributed by atoms with Crippen LogP contribution in [0.5, 0.6) is 0 Å². The van der Waals surface area contributed by atoms with Crippen molar-refractivity contribution in [1.29, 1.82) is 0 Å². The quantitative estimate of drug-likeness (QED) is 0.421. The molecule has 0 unspecified atom stereocenters. The van der Waals surface area contributed by atoms with Crippen LogP contribution in [0.2, 0.25) is 0 Å². The first-order chi connectivity index (χ1) is 17.2. The van der Waals surface area contributed by atoms with E-state index in [0.29, 0.717) is 43.3 Å². The molecule has 35 heavy (non-hydrogen) atoms. The molecule has 0 spiro atoms. The molecular formula is C26H25N7O2. The van der Waals surface area contributed by atoms with Gasteiger partial charge in [-0.05, 0) is 59.8 Å². The van der Waals surface area contributed by atoms with Gasteiger partial charge in [0.05, 0.1) is 30.6 Å². The first-order valence-corrected chi connectivity index (χ1v) is 11.3. The number of ether oxygens (including phenoxy) is 1. The molecule has 2 aromatic heterocycles. The van der Waals surface area contributed by atoms with Gasteiger partial charge >= 0.3 is 0 Å². The number of aromatic amines is 1. The van der Waals surface area contributed by atoms with E-state index in [1.807, 2.05) is 65.7 Å². The Morgan fingerprint density at radius 1 is 1.11 bits per heavy atom. The van der Waals surface area contributed by atoms with E-state index < -0.39 is 0 Å². The second kappa shape index (κ2) is 9.78. The van der Waals surface area contributed by atoms with Crippen LogP contribution in [0, 0.1) is 0 Å². The largest absolute Gasteiger partial charge is 0.405 e. The number of nitrogens with two attached hydrogens (primary N) is 1. The molecule has 3 heterocycles. The number of benzene rings is 2. The average Bonchev–Trinajstić information content (AvgIpc) is 3.56. The van der Waals surface area contributed by atoms with Gasteiger partial charge in [0.25, 0.3) is 5.91 Å². The van der Waals surface area contributed by atoms with Gasteiger partial charge in [-0.15, -0.1) is 5.10 Å². The standard InChI is InChI=1S/C26H25N7O2/c1-2-3-18(10-11-27)20-6-9-22-23(16-20)28-30-25(22)24-17-33(31-29-24)21-7-4-19(5-8-21)26(34)32-12-14-35-15-13-32/h2-11,16-17H,1,12-15,27H2,(H,28,30)/b11-10-,18-3+. The molecule has 9 nitrogen and oxygen atoms in total. The maximum absolute atomic E-state index is 12.7. The molecule has 0 bridgehead atoms. The number of nitrogens with one attached hydrogen (secondary N) is 1. The molecular weight excluding hydrogens is 442 g/mol. The Bertz CT molecular complexity index is 1420. The first kappa shape index (κ1) is 22.3. The Labute approximate surface area is 202 Å². The van der Waals surface area contributed by atoms with Gasteiger partial charge in [0.2, 0.25) is 0 Å². The number of aromatic nitrogens is 5. The zero-order chi connectivity index (χ0) is 24.2. The van der Waals surface area contributed by atoms with Gasteiger partial charge in [-0.3, -0.25) is 9.89 Å². The number of H-pyrrole nitrogens is 1. The number of carbonyl (C=O) groups excluding carboxylic acids is 1. The Morgan fingerprint density at radius 3 is 2.63 bits per heavy atom. The van der Waals surface area contributed by atoms with Crippen LogP contribution in [-0.2, 0) is 4.74 Å². The second-order valence-corrected chi connectivity index (χ2v) is 8.05. The lowest BCUT2D eigenvalue weighted by Crippen LogP contribution is -2.40. The molecule has 2 aromatic carbocycles. The van der Waals surface area contributed by atoms with Crippen molar-refractivity contribution in [2.45, 2.75) is 0 Å². The summed E-state index contributed by atoms with van der Waals surface area (Å²) in [5.74, 6) is 0.00883. The third-order valence-corrected chi connectivity index (χ3v) is 5.88. The van der Waals surface area contributed by atoms with E-state index in [9.17, 15) is 4.79 Å². The molecule has 0 aliphatic carbocycles. The van der Waals surface area contributed by atoms with E-state index in [2.05, 4.69) is 27.1 Å². The van der Waals surface area contributed by atoms with E-state index in [1.165, 1.54) is 6.20 Å². The lowest BCUT2D eigenvalue weighted by Gasteiger charge is -2.26. The second-order valence-electron chi connectivity index (χ2n) is 8.05. The summed E-state index contributed by atoms with van der Waals surface area (Å²) < 4.78 is 7.00. The van der Waals surface area contributed by atoms with Crippen molar-refractivity contribution in [3.63, 3.8) is 0 Å². The molecule has 0 radical (unpaired) electrons. The monoisotopic (exact) mass is 467 g/mol. The maximum Gasteiger partial charge on any atom is 0.254 e. The van der Waals surface area contributed by atoms with Crippen molar-refractivity contribution in [3.8, 4) is 17.1 Å². The Kier molecular flexibility index (Phi) is 6.23. The minimum atomic E-state index is 0.00883. The van der Waals surface area contributed by atoms with Crippen LogP contribution >= 0.6 is 0 Å². The normalized spacial score (nSPS) is 14.6. The summed E-state index contributed by atoms with van der Waals surface area (Å²) >= 11 is 0. The fourth-order valence-electron chi connectivity index (χ4n) is 4.08. The number of nitrogens with zero attached hydrogens (tertiary/aromatic N) is 5. The van der Waals surface area contributed by atoms with Gasteiger partial charge in [-0.1, -0.05) is 30.0 Å². The first-order valence-electron chi connectivity index (χ1n) is 11.3. The Hall–Kier alpha value is -4.50. The van der Waals surface area contributed by atoms with Crippen molar-refractivity contribution in [1.82, 2.24) is 30.1 Å². The molecule has 3 N–H and O–H groups in total. The summed E-state index contributed by atoms with van der Waals surface area (Å²) in [4.78, 5) is 14.5. The van der Waals surface area contributed by atoms with E-state index in [0.717, 1.165) is 27.7 Å². The van der Waals surface area contributed by atoms with Crippen molar-refractivity contribution < 1.29 is 9.53 Å². The van der Waals surface area contributed by atoms with Gasteiger partial charge < -0.3 is 15.4 Å². The van der Waals surface area contributed by atoms with Crippen LogP contribution in [0.25, 0.3) is 33.6 Å². The predicted molar refractivity (Wildman–Crippen MR) is 135 cm³/mol. The van der Waals surface area contributed by atoms with Gasteiger partial charge in [0, 0.05) is 24.0 Å². The smallest absolute Gasteiger partial charge is 0.254 e. The SMILES string of the molecule is C=C/C=C(\C=C/N)c1ccc2c(-c3cn(-c4ccc(C(=O)N5CCOCC5)cc4)nn3)n[nH]c2c1. The van der Waals surface area contributed by atoms with Crippen molar-refractivity contribution >= 4 is 22.4 Å². The maximum atomic E-state index is 12.7. The minimum absolute atomic E-state index is 0.00883. The Balaban J connectivity index is 1.38. The average molecular weight is 468 g/mol. The number of allylic oxidation sites excluding steroid dienone is 4. The van der Waals surface area contributed by atoms with E-state index in [-0.39, 0.29) is 5.91 Å². The fraction of sp³-hybridized carbons (Fsp3) is 0.154. The molecule has 0 atom stereocenters. The van der Waals surface area contributed by atoms with E-state index in [4.69, 9.17) is 10.5 Å². The van der Waals surface area contributed by atoms with Gasteiger partial charge in [-0.25, -0.2) is 4.68 Å². The van der Waals surface area contributed by atoms with E-state index in [1.54, 1.807) is 10.8 Å². The molecule has 1 aliphatic rings. The van der Waals surface area contributed by atoms with Gasteiger partial charge in [0.1, 0.15) is 11.4 Å².